The molecule has 2 fully saturated rings. The van der Waals surface area contributed by atoms with Crippen LogP contribution in [-0.4, -0.2) is 30.7 Å². The molecule has 0 aromatic heterocycles. The summed E-state index contributed by atoms with van der Waals surface area (Å²) < 4.78 is 6.05. The number of rotatable bonds is 6. The number of carbonyl (C=O) groups excluding carboxylic acids is 1. The Morgan fingerprint density at radius 3 is 1.97 bits per heavy atom. The third-order valence-corrected chi connectivity index (χ3v) is 7.94. The average Bonchev–Trinajstić information content (AvgIpc) is 3.12. The summed E-state index contributed by atoms with van der Waals surface area (Å²) in [4.78, 5) is 17.8. The Hall–Kier alpha value is -3.11. The molecule has 1 saturated carbocycles. The Bertz CT molecular complexity index is 1120. The van der Waals surface area contributed by atoms with Crippen molar-refractivity contribution in [2.45, 2.75) is 45.6 Å². The summed E-state index contributed by atoms with van der Waals surface area (Å²) in [7, 11) is 0. The molecule has 1 amide bonds. The minimum atomic E-state index is -0.296. The molecule has 5 rings (SSSR count). The minimum Gasteiger partial charge on any atom is -0.449 e. The highest BCUT2D eigenvalue weighted by atomic mass is 16.6. The molecule has 0 radical (unpaired) electrons. The largest absolute Gasteiger partial charge is 0.449 e. The lowest BCUT2D eigenvalue weighted by molar-refractivity contribution is 0.0514. The molecule has 2 aliphatic rings. The highest BCUT2D eigenvalue weighted by Crippen LogP contribution is 2.42. The van der Waals surface area contributed by atoms with Crippen LogP contribution in [0.4, 0.5) is 16.2 Å². The molecule has 2 unspecified atom stereocenters. The van der Waals surface area contributed by atoms with E-state index in [1.165, 1.54) is 24.0 Å². The van der Waals surface area contributed by atoms with Crippen molar-refractivity contribution >= 4 is 17.5 Å². The van der Waals surface area contributed by atoms with Crippen molar-refractivity contribution in [3.8, 4) is 0 Å². The number of nitrogens with zero attached hydrogens (tertiary/aromatic N) is 2. The van der Waals surface area contributed by atoms with E-state index >= 15 is 0 Å². The van der Waals surface area contributed by atoms with Crippen molar-refractivity contribution < 1.29 is 9.53 Å². The van der Waals surface area contributed by atoms with Crippen LogP contribution in [0.25, 0.3) is 0 Å². The van der Waals surface area contributed by atoms with Gasteiger partial charge in [0.1, 0.15) is 0 Å². The first-order valence-corrected chi connectivity index (χ1v) is 13.3. The van der Waals surface area contributed by atoms with Gasteiger partial charge in [-0.1, -0.05) is 81.4 Å². The average molecular weight is 483 g/mol. The summed E-state index contributed by atoms with van der Waals surface area (Å²) in [5, 5.41) is 0. The van der Waals surface area contributed by atoms with Gasteiger partial charge in [0.05, 0.1) is 18.0 Å². The van der Waals surface area contributed by atoms with Crippen molar-refractivity contribution in [3.05, 3.63) is 96.1 Å². The van der Waals surface area contributed by atoms with Crippen molar-refractivity contribution in [2.24, 2.45) is 17.8 Å². The SMILES string of the molecule is CC(C)(C)c1ccc(N(C(=O)OCC2C3CCC2CN(Cc2ccccc2)C3)c2ccccc2)cc1. The molecule has 1 aliphatic carbocycles. The van der Waals surface area contributed by atoms with Crippen LogP contribution in [0.2, 0.25) is 0 Å². The van der Waals surface area contributed by atoms with Gasteiger partial charge < -0.3 is 4.74 Å². The number of fused-ring (bicyclic) bond motifs is 2. The van der Waals surface area contributed by atoms with E-state index in [0.717, 1.165) is 31.0 Å². The van der Waals surface area contributed by atoms with Crippen molar-refractivity contribution in [2.75, 3.05) is 24.6 Å². The molecule has 4 heteroatoms. The van der Waals surface area contributed by atoms with Crippen LogP contribution in [0.15, 0.2) is 84.9 Å². The maximum Gasteiger partial charge on any atom is 0.418 e. The number of carbonyl (C=O) groups is 1. The van der Waals surface area contributed by atoms with Crippen molar-refractivity contribution in [1.29, 1.82) is 0 Å². The molecular weight excluding hydrogens is 444 g/mol. The topological polar surface area (TPSA) is 32.8 Å². The second-order valence-corrected chi connectivity index (χ2v) is 11.5. The van der Waals surface area contributed by atoms with Crippen LogP contribution in [0, 0.1) is 17.8 Å². The lowest BCUT2D eigenvalue weighted by atomic mass is 9.85. The van der Waals surface area contributed by atoms with E-state index in [4.69, 9.17) is 4.74 Å². The normalized spacial score (nSPS) is 21.8. The van der Waals surface area contributed by atoms with E-state index in [9.17, 15) is 4.79 Å². The van der Waals surface area contributed by atoms with Crippen LogP contribution in [0.1, 0.15) is 44.7 Å². The predicted molar refractivity (Wildman–Crippen MR) is 146 cm³/mol. The Morgan fingerprint density at radius 2 is 1.39 bits per heavy atom. The number of hydrogen-bond acceptors (Lipinski definition) is 3. The first kappa shape index (κ1) is 24.6. The van der Waals surface area contributed by atoms with Gasteiger partial charge in [0.2, 0.25) is 0 Å². The Morgan fingerprint density at radius 1 is 0.833 bits per heavy atom. The zero-order chi connectivity index (χ0) is 25.1. The molecule has 188 valence electrons. The van der Waals surface area contributed by atoms with Crippen LogP contribution in [0.5, 0.6) is 0 Å². The zero-order valence-electron chi connectivity index (χ0n) is 21.8. The Kier molecular flexibility index (Phi) is 7.15. The summed E-state index contributed by atoms with van der Waals surface area (Å²) in [5.74, 6) is 1.63. The first-order chi connectivity index (χ1) is 17.4. The maximum absolute atomic E-state index is 13.5. The Balaban J connectivity index is 1.26. The summed E-state index contributed by atoms with van der Waals surface area (Å²) in [6.07, 6.45) is 2.17. The second kappa shape index (κ2) is 10.5. The van der Waals surface area contributed by atoms with E-state index in [0.29, 0.717) is 24.4 Å². The molecule has 2 bridgehead atoms. The van der Waals surface area contributed by atoms with E-state index in [2.05, 4.69) is 68.1 Å². The molecule has 2 atom stereocenters. The van der Waals surface area contributed by atoms with E-state index < -0.39 is 0 Å². The van der Waals surface area contributed by atoms with Gasteiger partial charge >= 0.3 is 6.09 Å². The molecule has 1 aliphatic heterocycles. The minimum absolute atomic E-state index is 0.0608. The van der Waals surface area contributed by atoms with Gasteiger partial charge in [-0.05, 0) is 65.5 Å². The highest BCUT2D eigenvalue weighted by molar-refractivity contribution is 5.96. The maximum atomic E-state index is 13.5. The summed E-state index contributed by atoms with van der Waals surface area (Å²) >= 11 is 0. The molecule has 3 aromatic carbocycles. The molecule has 4 nitrogen and oxygen atoms in total. The molecule has 1 heterocycles. The molecule has 0 spiro atoms. The number of para-hydroxylation sites is 1. The summed E-state index contributed by atoms with van der Waals surface area (Å²) in [6.45, 7) is 10.3. The lowest BCUT2D eigenvalue weighted by Crippen LogP contribution is -2.43. The van der Waals surface area contributed by atoms with E-state index in [1.54, 1.807) is 4.90 Å². The highest BCUT2D eigenvalue weighted by Gasteiger charge is 2.42. The zero-order valence-corrected chi connectivity index (χ0v) is 21.8. The number of hydrogen-bond donors (Lipinski definition) is 0. The smallest absolute Gasteiger partial charge is 0.418 e. The van der Waals surface area contributed by atoms with Gasteiger partial charge in [-0.15, -0.1) is 0 Å². The van der Waals surface area contributed by atoms with Crippen LogP contribution in [0.3, 0.4) is 0 Å². The number of ether oxygens (including phenoxy) is 1. The summed E-state index contributed by atoms with van der Waals surface area (Å²) in [6, 6.07) is 28.8. The summed E-state index contributed by atoms with van der Waals surface area (Å²) in [5.41, 5.74) is 4.33. The van der Waals surface area contributed by atoms with E-state index in [-0.39, 0.29) is 11.5 Å². The van der Waals surface area contributed by atoms with Gasteiger partial charge in [0.25, 0.3) is 0 Å². The van der Waals surface area contributed by atoms with Gasteiger partial charge in [0, 0.05) is 25.6 Å². The number of amides is 1. The van der Waals surface area contributed by atoms with Gasteiger partial charge in [0.15, 0.2) is 0 Å². The third kappa shape index (κ3) is 5.49. The fraction of sp³-hybridized carbons (Fsp3) is 0.406. The molecule has 1 saturated heterocycles. The quantitative estimate of drug-likeness (QED) is 0.366. The van der Waals surface area contributed by atoms with Gasteiger partial charge in [-0.25, -0.2) is 9.69 Å². The molecule has 36 heavy (non-hydrogen) atoms. The van der Waals surface area contributed by atoms with Gasteiger partial charge in [-0.2, -0.15) is 0 Å². The van der Waals surface area contributed by atoms with Crippen LogP contribution in [-0.2, 0) is 16.7 Å². The molecular formula is C32H38N2O2. The molecule has 3 aromatic rings. The fourth-order valence-electron chi connectivity index (χ4n) is 5.95. The monoisotopic (exact) mass is 482 g/mol. The molecule has 0 N–H and O–H groups in total. The van der Waals surface area contributed by atoms with Crippen LogP contribution >= 0.6 is 0 Å². The third-order valence-electron chi connectivity index (χ3n) is 7.94. The second-order valence-electron chi connectivity index (χ2n) is 11.5. The lowest BCUT2D eigenvalue weighted by Gasteiger charge is -2.38. The Labute approximate surface area is 215 Å². The number of likely N-dealkylation sites (tertiary alicyclic amines) is 1. The number of benzene rings is 3. The van der Waals surface area contributed by atoms with Crippen molar-refractivity contribution in [3.63, 3.8) is 0 Å². The van der Waals surface area contributed by atoms with Crippen molar-refractivity contribution in [1.82, 2.24) is 4.90 Å². The predicted octanol–water partition coefficient (Wildman–Crippen LogP) is 7.42. The fourth-order valence-corrected chi connectivity index (χ4v) is 5.95. The number of anilines is 2. The van der Waals surface area contributed by atoms with Gasteiger partial charge in [-0.3, -0.25) is 4.90 Å². The first-order valence-electron chi connectivity index (χ1n) is 13.3. The van der Waals surface area contributed by atoms with Crippen LogP contribution < -0.4 is 4.90 Å². The standard InChI is InChI=1S/C32H38N2O2/c1-32(2,3)27-16-18-29(19-17-27)34(28-12-8-5-9-13-28)31(35)36-23-30-25-14-15-26(30)22-33(21-25)20-24-10-6-4-7-11-24/h4-13,16-19,25-26,30H,14-15,20-23H2,1-3H3. The number of piperidine rings is 1. The van der Waals surface area contributed by atoms with E-state index in [1.807, 2.05) is 42.5 Å².